The average molecular weight is 405 g/mol. The number of carbonyl (C=O) groups excluding carboxylic acids is 2. The minimum atomic E-state index is -0.552. The van der Waals surface area contributed by atoms with Crippen molar-refractivity contribution in [3.05, 3.63) is 47.5 Å². The lowest BCUT2D eigenvalue weighted by molar-refractivity contribution is -0.115. The maximum absolute atomic E-state index is 11.9. The fraction of sp³-hybridized carbons (Fsp3) is 0.263. The van der Waals surface area contributed by atoms with Crippen molar-refractivity contribution in [3.8, 4) is 0 Å². The van der Waals surface area contributed by atoms with Gasteiger partial charge in [0.15, 0.2) is 5.65 Å². The van der Waals surface area contributed by atoms with Crippen LogP contribution in [-0.2, 0) is 11.3 Å². The van der Waals surface area contributed by atoms with Gasteiger partial charge in [-0.2, -0.15) is 19.6 Å². The van der Waals surface area contributed by atoms with Crippen LogP contribution in [0.25, 0.3) is 11.7 Å². The van der Waals surface area contributed by atoms with Gasteiger partial charge in [-0.05, 0) is 31.1 Å². The Balaban J connectivity index is 1.55. The molecule has 0 unspecified atom stereocenters. The van der Waals surface area contributed by atoms with Crippen LogP contribution in [0, 0.1) is 0 Å². The van der Waals surface area contributed by atoms with E-state index in [1.807, 2.05) is 30.1 Å². The number of aromatic nitrogens is 5. The average Bonchev–Trinajstić information content (AvgIpc) is 3.37. The molecule has 0 radical (unpaired) electrons. The summed E-state index contributed by atoms with van der Waals surface area (Å²) < 4.78 is 1.61. The second-order valence-electron chi connectivity index (χ2n) is 7.24. The SMILES string of the molecule is CN(Cc1ccccn1)c1nc(NC2CC2)n2ncc(/C=C3\NC(=O)NC3=O)c2n1. The topological polar surface area (TPSA) is 129 Å². The van der Waals surface area contributed by atoms with Crippen LogP contribution < -0.4 is 20.9 Å². The van der Waals surface area contributed by atoms with Gasteiger partial charge in [0.2, 0.25) is 11.9 Å². The predicted molar refractivity (Wildman–Crippen MR) is 108 cm³/mol. The first-order valence-corrected chi connectivity index (χ1v) is 9.54. The van der Waals surface area contributed by atoms with Crippen molar-refractivity contribution in [2.24, 2.45) is 0 Å². The number of nitrogens with zero attached hydrogens (tertiary/aromatic N) is 6. The van der Waals surface area contributed by atoms with Crippen LogP contribution in [0.2, 0.25) is 0 Å². The molecule has 0 bridgehead atoms. The number of rotatable bonds is 6. The summed E-state index contributed by atoms with van der Waals surface area (Å²) in [6.07, 6.45) is 7.05. The molecule has 0 spiro atoms. The number of hydrogen-bond acceptors (Lipinski definition) is 8. The Morgan fingerprint density at radius 2 is 2.13 bits per heavy atom. The van der Waals surface area contributed by atoms with Crippen LogP contribution in [0.3, 0.4) is 0 Å². The summed E-state index contributed by atoms with van der Waals surface area (Å²) in [4.78, 5) is 38.9. The van der Waals surface area contributed by atoms with E-state index in [1.54, 1.807) is 23.0 Å². The Morgan fingerprint density at radius 3 is 2.83 bits per heavy atom. The molecule has 1 saturated heterocycles. The Hall–Kier alpha value is -4.02. The summed E-state index contributed by atoms with van der Waals surface area (Å²) >= 11 is 0. The van der Waals surface area contributed by atoms with Crippen LogP contribution in [0.5, 0.6) is 0 Å². The van der Waals surface area contributed by atoms with E-state index in [1.165, 1.54) is 0 Å². The Kier molecular flexibility index (Phi) is 4.27. The van der Waals surface area contributed by atoms with Crippen molar-refractivity contribution in [1.29, 1.82) is 0 Å². The maximum atomic E-state index is 11.9. The smallest absolute Gasteiger partial charge is 0.326 e. The number of fused-ring (bicyclic) bond motifs is 1. The van der Waals surface area contributed by atoms with Crippen LogP contribution >= 0.6 is 0 Å². The number of nitrogens with one attached hydrogen (secondary N) is 3. The van der Waals surface area contributed by atoms with Gasteiger partial charge < -0.3 is 15.5 Å². The van der Waals surface area contributed by atoms with Gasteiger partial charge in [-0.3, -0.25) is 15.1 Å². The summed E-state index contributed by atoms with van der Waals surface area (Å²) in [7, 11) is 1.89. The quantitative estimate of drug-likeness (QED) is 0.408. The monoisotopic (exact) mass is 405 g/mol. The second kappa shape index (κ2) is 7.10. The molecule has 152 valence electrons. The molecule has 2 aliphatic rings. The van der Waals surface area contributed by atoms with Gasteiger partial charge in [-0.1, -0.05) is 6.07 Å². The molecule has 5 rings (SSSR count). The first-order valence-electron chi connectivity index (χ1n) is 9.54. The largest absolute Gasteiger partial charge is 0.351 e. The lowest BCUT2D eigenvalue weighted by atomic mass is 10.2. The summed E-state index contributed by atoms with van der Waals surface area (Å²) in [6.45, 7) is 0.531. The molecule has 3 amide bonds. The highest BCUT2D eigenvalue weighted by atomic mass is 16.2. The Bertz CT molecular complexity index is 1170. The number of imide groups is 1. The van der Waals surface area contributed by atoms with Crippen LogP contribution in [0.4, 0.5) is 16.7 Å². The lowest BCUT2D eigenvalue weighted by Crippen LogP contribution is -2.22. The molecule has 1 aliphatic heterocycles. The number of anilines is 2. The van der Waals surface area contributed by atoms with Gasteiger partial charge in [0.05, 0.1) is 18.4 Å². The fourth-order valence-corrected chi connectivity index (χ4v) is 3.10. The normalized spacial score (nSPS) is 17.3. The van der Waals surface area contributed by atoms with Crippen molar-refractivity contribution in [2.45, 2.75) is 25.4 Å². The van der Waals surface area contributed by atoms with Gasteiger partial charge in [0, 0.05) is 24.8 Å². The van der Waals surface area contributed by atoms with Gasteiger partial charge in [-0.25, -0.2) is 4.79 Å². The molecule has 11 heteroatoms. The van der Waals surface area contributed by atoms with Gasteiger partial charge in [0.25, 0.3) is 5.91 Å². The highest BCUT2D eigenvalue weighted by Gasteiger charge is 2.26. The van der Waals surface area contributed by atoms with Gasteiger partial charge >= 0.3 is 6.03 Å². The van der Waals surface area contributed by atoms with Crippen LogP contribution in [0.1, 0.15) is 24.1 Å². The molecule has 3 N–H and O–H groups in total. The molecule has 3 aromatic rings. The third-order valence-electron chi connectivity index (χ3n) is 4.78. The van der Waals surface area contributed by atoms with Crippen molar-refractivity contribution in [1.82, 2.24) is 35.2 Å². The summed E-state index contributed by atoms with van der Waals surface area (Å²) in [6, 6.07) is 5.55. The Labute approximate surface area is 171 Å². The second-order valence-corrected chi connectivity index (χ2v) is 7.24. The number of urea groups is 1. The number of pyridine rings is 1. The summed E-state index contributed by atoms with van der Waals surface area (Å²) in [5, 5.41) is 12.4. The van der Waals surface area contributed by atoms with E-state index in [0.717, 1.165) is 18.5 Å². The highest BCUT2D eigenvalue weighted by molar-refractivity contribution is 6.14. The maximum Gasteiger partial charge on any atom is 0.326 e. The summed E-state index contributed by atoms with van der Waals surface area (Å²) in [5.74, 6) is 0.587. The number of carbonyl (C=O) groups is 2. The zero-order valence-electron chi connectivity index (χ0n) is 16.2. The highest BCUT2D eigenvalue weighted by Crippen LogP contribution is 2.26. The molecule has 1 saturated carbocycles. The Morgan fingerprint density at radius 1 is 1.27 bits per heavy atom. The van der Waals surface area contributed by atoms with E-state index in [9.17, 15) is 9.59 Å². The zero-order valence-corrected chi connectivity index (χ0v) is 16.2. The third kappa shape index (κ3) is 3.52. The molecule has 3 aromatic heterocycles. The standard InChI is InChI=1S/C19H19N9O2/c1-27(10-13-4-2-3-7-20-13)17-24-15-11(8-14-16(29)25-19(30)23-14)9-21-28(15)18(26-17)22-12-5-6-12/h2-4,7-9,12H,5-6,10H2,1H3,(H,22,24,26)(H2,23,25,29,30)/b14-8-. The van der Waals surface area contributed by atoms with E-state index in [4.69, 9.17) is 0 Å². The molecule has 30 heavy (non-hydrogen) atoms. The minimum Gasteiger partial charge on any atom is -0.351 e. The first kappa shape index (κ1) is 18.0. The van der Waals surface area contributed by atoms with Gasteiger partial charge in [-0.15, -0.1) is 0 Å². The molecule has 1 aliphatic carbocycles. The van der Waals surface area contributed by atoms with E-state index in [0.29, 0.717) is 35.7 Å². The van der Waals surface area contributed by atoms with E-state index in [-0.39, 0.29) is 5.70 Å². The molecule has 4 heterocycles. The molecule has 0 aromatic carbocycles. The third-order valence-corrected chi connectivity index (χ3v) is 4.78. The molecular formula is C19H19N9O2. The van der Waals surface area contributed by atoms with Crippen molar-refractivity contribution < 1.29 is 9.59 Å². The molecule has 2 fully saturated rings. The van der Waals surface area contributed by atoms with E-state index >= 15 is 0 Å². The van der Waals surface area contributed by atoms with E-state index in [2.05, 4.69) is 36.0 Å². The first-order chi connectivity index (χ1) is 14.6. The predicted octanol–water partition coefficient (Wildman–Crippen LogP) is 0.910. The van der Waals surface area contributed by atoms with Crippen molar-refractivity contribution in [2.75, 3.05) is 17.3 Å². The van der Waals surface area contributed by atoms with Gasteiger partial charge in [0.1, 0.15) is 5.70 Å². The summed E-state index contributed by atoms with van der Waals surface area (Å²) in [5.41, 5.74) is 2.16. The van der Waals surface area contributed by atoms with Crippen molar-refractivity contribution in [3.63, 3.8) is 0 Å². The zero-order chi connectivity index (χ0) is 20.7. The van der Waals surface area contributed by atoms with E-state index < -0.39 is 11.9 Å². The van der Waals surface area contributed by atoms with Crippen LogP contribution in [0.15, 0.2) is 36.3 Å². The number of amides is 3. The number of hydrogen-bond donors (Lipinski definition) is 3. The molecule has 11 nitrogen and oxygen atoms in total. The molecular weight excluding hydrogens is 386 g/mol. The fourth-order valence-electron chi connectivity index (χ4n) is 3.10. The van der Waals surface area contributed by atoms with Crippen LogP contribution in [-0.4, -0.2) is 49.6 Å². The minimum absolute atomic E-state index is 0.147. The van der Waals surface area contributed by atoms with Crippen molar-refractivity contribution >= 4 is 35.6 Å². The molecule has 0 atom stereocenters. The lowest BCUT2D eigenvalue weighted by Gasteiger charge is -2.18.